The van der Waals surface area contributed by atoms with Gasteiger partial charge >= 0.3 is 5.97 Å². The number of hydrogen-bond acceptors (Lipinski definition) is 2. The molecule has 0 amide bonds. The lowest BCUT2D eigenvalue weighted by Gasteiger charge is -2.36. The zero-order valence-corrected chi connectivity index (χ0v) is 13.0. The molecule has 100 valence electrons. The van der Waals surface area contributed by atoms with E-state index in [0.29, 0.717) is 5.57 Å². The molecule has 0 atom stereocenters. The van der Waals surface area contributed by atoms with Gasteiger partial charge in [0.05, 0.1) is 12.2 Å². The molecule has 0 aliphatic rings. The molecule has 0 aromatic carbocycles. The first-order valence-electron chi connectivity index (χ1n) is 6.18. The largest absolute Gasteiger partial charge is 0.478 e. The van der Waals surface area contributed by atoms with Crippen LogP contribution < -0.4 is 0 Å². The van der Waals surface area contributed by atoms with Crippen molar-refractivity contribution in [2.24, 2.45) is 0 Å². The lowest BCUT2D eigenvalue weighted by molar-refractivity contribution is -0.133. The highest BCUT2D eigenvalue weighted by Gasteiger charge is 2.37. The van der Waals surface area contributed by atoms with Gasteiger partial charge in [-0.2, -0.15) is 0 Å². The Hall–Kier alpha value is -0.613. The monoisotopic (exact) mass is 258 g/mol. The molecular formula is C13H26O3Si. The Morgan fingerprint density at radius 3 is 2.24 bits per heavy atom. The summed E-state index contributed by atoms with van der Waals surface area (Å²) in [5.74, 6) is -0.864. The van der Waals surface area contributed by atoms with E-state index >= 15 is 0 Å². The molecule has 0 fully saturated rings. The molecule has 0 heterocycles. The van der Waals surface area contributed by atoms with Crippen molar-refractivity contribution < 1.29 is 14.3 Å². The van der Waals surface area contributed by atoms with Gasteiger partial charge in [0.15, 0.2) is 8.32 Å². The number of carboxylic acid groups (broad SMARTS) is 1. The first-order valence-corrected chi connectivity index (χ1v) is 9.09. The SMILES string of the molecule is CCC/C=C(\CO[Si](C)(C)C(C)(C)C)C(=O)O. The molecule has 3 nitrogen and oxygen atoms in total. The van der Waals surface area contributed by atoms with Gasteiger partial charge in [-0.15, -0.1) is 0 Å². The van der Waals surface area contributed by atoms with Crippen molar-refractivity contribution in [1.82, 2.24) is 0 Å². The minimum Gasteiger partial charge on any atom is -0.478 e. The van der Waals surface area contributed by atoms with Gasteiger partial charge in [-0.3, -0.25) is 0 Å². The predicted octanol–water partition coefficient (Wildman–Crippen LogP) is 3.82. The van der Waals surface area contributed by atoms with E-state index in [9.17, 15) is 4.79 Å². The maximum atomic E-state index is 11.0. The molecule has 0 radical (unpaired) electrons. The van der Waals surface area contributed by atoms with Crippen molar-refractivity contribution in [1.29, 1.82) is 0 Å². The van der Waals surface area contributed by atoms with Crippen LogP contribution >= 0.6 is 0 Å². The van der Waals surface area contributed by atoms with Gasteiger partial charge in [0.2, 0.25) is 0 Å². The van der Waals surface area contributed by atoms with Gasteiger partial charge in [-0.1, -0.05) is 40.2 Å². The highest BCUT2D eigenvalue weighted by atomic mass is 28.4. The highest BCUT2D eigenvalue weighted by Crippen LogP contribution is 2.36. The maximum absolute atomic E-state index is 11.0. The molecule has 0 unspecified atom stereocenters. The zero-order valence-electron chi connectivity index (χ0n) is 12.0. The van der Waals surface area contributed by atoms with Gasteiger partial charge in [0.1, 0.15) is 0 Å². The Morgan fingerprint density at radius 1 is 1.35 bits per heavy atom. The van der Waals surface area contributed by atoms with Gasteiger partial charge < -0.3 is 9.53 Å². The first-order chi connectivity index (χ1) is 7.62. The number of hydrogen-bond donors (Lipinski definition) is 1. The molecular weight excluding hydrogens is 232 g/mol. The van der Waals surface area contributed by atoms with Crippen LogP contribution in [0.5, 0.6) is 0 Å². The number of carboxylic acids is 1. The van der Waals surface area contributed by atoms with E-state index in [-0.39, 0.29) is 11.6 Å². The molecule has 0 rings (SSSR count). The fourth-order valence-corrected chi connectivity index (χ4v) is 1.95. The van der Waals surface area contributed by atoms with Crippen LogP contribution in [0.15, 0.2) is 11.6 Å². The van der Waals surface area contributed by atoms with Crippen molar-refractivity contribution in [2.75, 3.05) is 6.61 Å². The summed E-state index contributed by atoms with van der Waals surface area (Å²) in [4.78, 5) is 11.0. The van der Waals surface area contributed by atoms with Crippen LogP contribution in [-0.4, -0.2) is 26.0 Å². The Morgan fingerprint density at radius 2 is 1.88 bits per heavy atom. The summed E-state index contributed by atoms with van der Waals surface area (Å²) in [6.45, 7) is 13.0. The molecule has 0 aliphatic carbocycles. The minimum atomic E-state index is -1.86. The van der Waals surface area contributed by atoms with Gasteiger partial charge in [-0.05, 0) is 24.6 Å². The summed E-state index contributed by atoms with van der Waals surface area (Å²) in [5, 5.41) is 9.18. The number of rotatable bonds is 6. The van der Waals surface area contributed by atoms with E-state index in [4.69, 9.17) is 9.53 Å². The van der Waals surface area contributed by atoms with E-state index in [1.165, 1.54) is 0 Å². The van der Waals surface area contributed by atoms with Crippen molar-refractivity contribution in [3.8, 4) is 0 Å². The molecule has 0 aliphatic heterocycles. The van der Waals surface area contributed by atoms with Crippen molar-refractivity contribution in [3.05, 3.63) is 11.6 Å². The summed E-state index contributed by atoms with van der Waals surface area (Å²) in [7, 11) is -1.86. The summed E-state index contributed by atoms with van der Waals surface area (Å²) >= 11 is 0. The third-order valence-corrected chi connectivity index (χ3v) is 7.83. The third-order valence-electron chi connectivity index (χ3n) is 3.35. The average molecular weight is 258 g/mol. The van der Waals surface area contributed by atoms with E-state index in [1.54, 1.807) is 6.08 Å². The second kappa shape index (κ2) is 6.35. The van der Waals surface area contributed by atoms with Crippen LogP contribution in [0.4, 0.5) is 0 Å². The molecule has 0 saturated carbocycles. The molecule has 17 heavy (non-hydrogen) atoms. The number of carbonyl (C=O) groups is 1. The first kappa shape index (κ1) is 16.4. The molecule has 0 aromatic rings. The number of unbranched alkanes of at least 4 members (excludes halogenated alkanes) is 1. The smallest absolute Gasteiger partial charge is 0.333 e. The Bertz CT molecular complexity index is 288. The second-order valence-corrected chi connectivity index (χ2v) is 10.7. The average Bonchev–Trinajstić information content (AvgIpc) is 2.15. The molecule has 0 spiro atoms. The van der Waals surface area contributed by atoms with E-state index in [2.05, 4.69) is 33.9 Å². The van der Waals surface area contributed by atoms with Gasteiger partial charge in [-0.25, -0.2) is 4.79 Å². The lowest BCUT2D eigenvalue weighted by atomic mass is 10.2. The molecule has 0 bridgehead atoms. The summed E-state index contributed by atoms with van der Waals surface area (Å²) < 4.78 is 5.90. The normalized spacial score (nSPS) is 13.9. The summed E-state index contributed by atoms with van der Waals surface area (Å²) in [6, 6.07) is 0. The van der Waals surface area contributed by atoms with Crippen LogP contribution in [0.1, 0.15) is 40.5 Å². The molecule has 0 saturated heterocycles. The fourth-order valence-electron chi connectivity index (χ4n) is 1.00. The minimum absolute atomic E-state index is 0.112. The van der Waals surface area contributed by atoms with Crippen LogP contribution in [0, 0.1) is 0 Å². The van der Waals surface area contributed by atoms with Crippen LogP contribution in [-0.2, 0) is 9.22 Å². The van der Waals surface area contributed by atoms with Crippen molar-refractivity contribution in [2.45, 2.75) is 58.7 Å². The van der Waals surface area contributed by atoms with Crippen molar-refractivity contribution in [3.63, 3.8) is 0 Å². The second-order valence-electron chi connectivity index (χ2n) is 5.87. The highest BCUT2D eigenvalue weighted by molar-refractivity contribution is 6.74. The lowest BCUT2D eigenvalue weighted by Crippen LogP contribution is -2.41. The Balaban J connectivity index is 4.57. The van der Waals surface area contributed by atoms with Gasteiger partial charge in [0.25, 0.3) is 0 Å². The quantitative estimate of drug-likeness (QED) is 0.582. The molecule has 0 aromatic heterocycles. The third kappa shape index (κ3) is 5.50. The van der Waals surface area contributed by atoms with E-state index in [1.807, 2.05) is 6.92 Å². The van der Waals surface area contributed by atoms with Crippen LogP contribution in [0.3, 0.4) is 0 Å². The van der Waals surface area contributed by atoms with Gasteiger partial charge in [0, 0.05) is 0 Å². The molecule has 4 heteroatoms. The summed E-state index contributed by atoms with van der Waals surface area (Å²) in [6.07, 6.45) is 3.52. The Kier molecular flexibility index (Phi) is 6.13. The summed E-state index contributed by atoms with van der Waals surface area (Å²) in [5.41, 5.74) is 0.386. The predicted molar refractivity (Wildman–Crippen MR) is 73.8 cm³/mol. The Labute approximate surface area is 106 Å². The maximum Gasteiger partial charge on any atom is 0.333 e. The van der Waals surface area contributed by atoms with Crippen molar-refractivity contribution >= 4 is 14.3 Å². The number of aliphatic carboxylic acids is 1. The van der Waals surface area contributed by atoms with E-state index < -0.39 is 14.3 Å². The topological polar surface area (TPSA) is 46.5 Å². The molecule has 1 N–H and O–H groups in total. The van der Waals surface area contributed by atoms with Crippen LogP contribution in [0.2, 0.25) is 18.1 Å². The fraction of sp³-hybridized carbons (Fsp3) is 0.769. The number of allylic oxidation sites excluding steroid dienone is 1. The van der Waals surface area contributed by atoms with E-state index in [0.717, 1.165) is 12.8 Å². The zero-order chi connectivity index (χ0) is 13.7. The van der Waals surface area contributed by atoms with Crippen LogP contribution in [0.25, 0.3) is 0 Å². The standard InChI is InChI=1S/C13H26O3Si/c1-7-8-9-11(12(14)15)10-16-17(5,6)13(2,3)4/h9H,7-8,10H2,1-6H3,(H,14,15)/b11-9+.